The summed E-state index contributed by atoms with van der Waals surface area (Å²) in [7, 11) is 0. The smallest absolute Gasteiger partial charge is 0.416 e. The van der Waals surface area contributed by atoms with Gasteiger partial charge in [-0.2, -0.15) is 18.3 Å². The summed E-state index contributed by atoms with van der Waals surface area (Å²) in [6.45, 7) is 0. The fraction of sp³-hybridized carbons (Fsp3) is 0.125. The van der Waals surface area contributed by atoms with Gasteiger partial charge in [-0.15, -0.1) is 0 Å². The van der Waals surface area contributed by atoms with Crippen LogP contribution in [0, 0.1) is 0 Å². The number of nitrogens with one attached hydrogen (secondary N) is 2. The van der Waals surface area contributed by atoms with Crippen molar-refractivity contribution in [2.24, 2.45) is 5.10 Å². The van der Waals surface area contributed by atoms with Crippen molar-refractivity contribution in [2.45, 2.75) is 19.0 Å². The van der Waals surface area contributed by atoms with E-state index in [-0.39, 0.29) is 23.6 Å². The van der Waals surface area contributed by atoms with Crippen molar-refractivity contribution in [3.8, 4) is 11.5 Å². The highest BCUT2D eigenvalue weighted by Crippen LogP contribution is 2.33. The number of nitrogens with zero attached hydrogens (tertiary/aromatic N) is 1. The zero-order valence-electron chi connectivity index (χ0n) is 17.6. The second kappa shape index (κ2) is 11.3. The summed E-state index contributed by atoms with van der Waals surface area (Å²) in [5.41, 5.74) is 1.84. The average molecular weight is 490 g/mol. The molecule has 3 aromatic carbocycles. The Labute approximate surface area is 198 Å². The van der Waals surface area contributed by atoms with Gasteiger partial charge < -0.3 is 10.1 Å². The summed E-state index contributed by atoms with van der Waals surface area (Å²) >= 11 is 5.85. The van der Waals surface area contributed by atoms with Crippen LogP contribution in [0.4, 0.5) is 18.9 Å². The molecule has 0 unspecified atom stereocenters. The van der Waals surface area contributed by atoms with Gasteiger partial charge in [0.15, 0.2) is 0 Å². The number of para-hydroxylation sites is 1. The first-order valence-electron chi connectivity index (χ1n) is 10.0. The number of carbonyl (C=O) groups is 2. The van der Waals surface area contributed by atoms with Gasteiger partial charge in [-0.05, 0) is 48.0 Å². The Morgan fingerprint density at radius 2 is 1.62 bits per heavy atom. The largest absolute Gasteiger partial charge is 0.457 e. The van der Waals surface area contributed by atoms with E-state index >= 15 is 0 Å². The third-order valence-corrected chi connectivity index (χ3v) is 4.72. The first kappa shape index (κ1) is 24.8. The van der Waals surface area contributed by atoms with Gasteiger partial charge in [0, 0.05) is 12.8 Å². The molecule has 2 N–H and O–H groups in total. The minimum absolute atomic E-state index is 0.0473. The molecule has 34 heavy (non-hydrogen) atoms. The predicted octanol–water partition coefficient (Wildman–Crippen LogP) is 6.02. The molecule has 3 aromatic rings. The van der Waals surface area contributed by atoms with Crippen molar-refractivity contribution in [2.75, 3.05) is 5.32 Å². The molecule has 176 valence electrons. The fourth-order valence-electron chi connectivity index (χ4n) is 2.75. The molecule has 0 saturated heterocycles. The van der Waals surface area contributed by atoms with Crippen molar-refractivity contribution in [1.29, 1.82) is 0 Å². The highest BCUT2D eigenvalue weighted by atomic mass is 35.5. The summed E-state index contributed by atoms with van der Waals surface area (Å²) in [6, 6.07) is 18.8. The molecule has 0 aliphatic rings. The second-order valence-corrected chi connectivity index (χ2v) is 7.43. The fourth-order valence-corrected chi connectivity index (χ4v) is 2.92. The second-order valence-electron chi connectivity index (χ2n) is 7.02. The Kier molecular flexibility index (Phi) is 8.26. The van der Waals surface area contributed by atoms with Crippen LogP contribution in [0.5, 0.6) is 11.5 Å². The third kappa shape index (κ3) is 7.63. The van der Waals surface area contributed by atoms with Gasteiger partial charge >= 0.3 is 6.18 Å². The molecule has 0 heterocycles. The highest BCUT2D eigenvalue weighted by molar-refractivity contribution is 6.33. The van der Waals surface area contributed by atoms with Crippen LogP contribution in [0.1, 0.15) is 24.0 Å². The van der Waals surface area contributed by atoms with Crippen LogP contribution in [0.15, 0.2) is 77.9 Å². The lowest BCUT2D eigenvalue weighted by Crippen LogP contribution is -2.21. The van der Waals surface area contributed by atoms with Gasteiger partial charge in [-0.25, -0.2) is 5.43 Å². The number of halogens is 4. The standard InChI is InChI=1S/C24H19ClF3N3O3/c25-20-10-9-17(24(26,27)28)14-21(20)30-22(32)11-12-23(33)31-29-15-16-5-4-8-19(13-16)34-18-6-2-1-3-7-18/h1-10,13-15H,11-12H2,(H,30,32)(H,31,33)/b29-15-. The molecule has 0 aliphatic carbocycles. The van der Waals surface area contributed by atoms with E-state index in [0.717, 1.165) is 18.2 Å². The van der Waals surface area contributed by atoms with Crippen LogP contribution < -0.4 is 15.5 Å². The molecule has 6 nitrogen and oxygen atoms in total. The number of benzene rings is 3. The van der Waals surface area contributed by atoms with E-state index in [1.165, 1.54) is 6.21 Å². The summed E-state index contributed by atoms with van der Waals surface area (Å²) in [6.07, 6.45) is -3.65. The van der Waals surface area contributed by atoms with E-state index in [2.05, 4.69) is 15.8 Å². The molecule has 0 atom stereocenters. The summed E-state index contributed by atoms with van der Waals surface area (Å²) < 4.78 is 44.2. The molecule has 0 aliphatic heterocycles. The number of ether oxygens (including phenoxy) is 1. The van der Waals surface area contributed by atoms with Crippen LogP contribution in [0.25, 0.3) is 0 Å². The summed E-state index contributed by atoms with van der Waals surface area (Å²) in [4.78, 5) is 24.0. The Hall–Kier alpha value is -3.85. The van der Waals surface area contributed by atoms with Gasteiger partial charge in [-0.1, -0.05) is 41.9 Å². The topological polar surface area (TPSA) is 79.8 Å². The van der Waals surface area contributed by atoms with Crippen molar-refractivity contribution >= 4 is 35.3 Å². The van der Waals surface area contributed by atoms with Gasteiger partial charge in [0.2, 0.25) is 11.8 Å². The van der Waals surface area contributed by atoms with Crippen LogP contribution >= 0.6 is 11.6 Å². The van der Waals surface area contributed by atoms with Gasteiger partial charge in [0.1, 0.15) is 11.5 Å². The predicted molar refractivity (Wildman–Crippen MR) is 123 cm³/mol. The van der Waals surface area contributed by atoms with Crippen LogP contribution in [-0.4, -0.2) is 18.0 Å². The van der Waals surface area contributed by atoms with Crippen molar-refractivity contribution in [1.82, 2.24) is 5.43 Å². The van der Waals surface area contributed by atoms with Crippen molar-refractivity contribution in [3.63, 3.8) is 0 Å². The molecule has 0 radical (unpaired) electrons. The Morgan fingerprint density at radius 3 is 2.35 bits per heavy atom. The maximum Gasteiger partial charge on any atom is 0.416 e. The molecule has 10 heteroatoms. The van der Waals surface area contributed by atoms with E-state index in [4.69, 9.17) is 16.3 Å². The number of rotatable bonds is 8. The van der Waals surface area contributed by atoms with E-state index in [1.54, 1.807) is 24.3 Å². The molecule has 0 aromatic heterocycles. The molecule has 0 spiro atoms. The number of anilines is 1. The minimum atomic E-state index is -4.57. The normalized spacial score (nSPS) is 11.3. The maximum absolute atomic E-state index is 12.8. The molecular formula is C24H19ClF3N3O3. The Morgan fingerprint density at radius 1 is 0.912 bits per heavy atom. The maximum atomic E-state index is 12.8. The van der Waals surface area contributed by atoms with Gasteiger partial charge in [0.25, 0.3) is 0 Å². The van der Waals surface area contributed by atoms with Crippen molar-refractivity contribution < 1.29 is 27.5 Å². The lowest BCUT2D eigenvalue weighted by atomic mass is 10.2. The monoisotopic (exact) mass is 489 g/mol. The molecule has 3 rings (SSSR count). The number of hydrogen-bond acceptors (Lipinski definition) is 4. The average Bonchev–Trinajstić information content (AvgIpc) is 2.79. The van der Waals surface area contributed by atoms with E-state index in [1.807, 2.05) is 30.3 Å². The minimum Gasteiger partial charge on any atom is -0.457 e. The van der Waals surface area contributed by atoms with Crippen molar-refractivity contribution in [3.05, 3.63) is 88.9 Å². The molecular weight excluding hydrogens is 471 g/mol. The first-order valence-corrected chi connectivity index (χ1v) is 10.4. The lowest BCUT2D eigenvalue weighted by molar-refractivity contribution is -0.137. The van der Waals surface area contributed by atoms with E-state index in [0.29, 0.717) is 17.1 Å². The summed E-state index contributed by atoms with van der Waals surface area (Å²) in [5, 5.41) is 6.08. The highest BCUT2D eigenvalue weighted by Gasteiger charge is 2.31. The van der Waals surface area contributed by atoms with Gasteiger partial charge in [-0.3, -0.25) is 9.59 Å². The molecule has 0 saturated carbocycles. The van der Waals surface area contributed by atoms with Crippen LogP contribution in [0.3, 0.4) is 0 Å². The summed E-state index contributed by atoms with van der Waals surface area (Å²) in [5.74, 6) is 0.0605. The third-order valence-electron chi connectivity index (χ3n) is 4.39. The number of carbonyl (C=O) groups excluding carboxylic acids is 2. The zero-order chi connectivity index (χ0) is 24.6. The van der Waals surface area contributed by atoms with E-state index in [9.17, 15) is 22.8 Å². The lowest BCUT2D eigenvalue weighted by Gasteiger charge is -2.11. The first-order chi connectivity index (χ1) is 16.2. The zero-order valence-corrected chi connectivity index (χ0v) is 18.4. The Balaban J connectivity index is 1.47. The van der Waals surface area contributed by atoms with Gasteiger partial charge in [0.05, 0.1) is 22.5 Å². The molecule has 0 fully saturated rings. The molecule has 0 bridgehead atoms. The number of amides is 2. The van der Waals surface area contributed by atoms with Crippen LogP contribution in [0.2, 0.25) is 5.02 Å². The number of alkyl halides is 3. The quantitative estimate of drug-likeness (QED) is 0.300. The molecule has 2 amide bonds. The SMILES string of the molecule is O=C(CCC(=O)Nc1cc(C(F)(F)F)ccc1Cl)N/N=C\c1cccc(Oc2ccccc2)c1. The number of hydrazone groups is 1. The van der Waals surface area contributed by atoms with E-state index < -0.39 is 23.6 Å². The number of hydrogen-bond donors (Lipinski definition) is 2. The Bertz CT molecular complexity index is 1180. The van der Waals surface area contributed by atoms with Crippen LogP contribution in [-0.2, 0) is 15.8 Å².